The number of allylic oxidation sites excluding steroid dienone is 1. The molecule has 0 spiro atoms. The third kappa shape index (κ3) is 9.41. The van der Waals surface area contributed by atoms with Gasteiger partial charge in [-0.15, -0.1) is 0 Å². The van der Waals surface area contributed by atoms with E-state index in [2.05, 4.69) is 47.6 Å². The summed E-state index contributed by atoms with van der Waals surface area (Å²) in [5.41, 5.74) is 3.35. The Morgan fingerprint density at radius 1 is 0.793 bits per heavy atom. The lowest BCUT2D eigenvalue weighted by Gasteiger charge is -2.58. The van der Waals surface area contributed by atoms with Crippen LogP contribution in [-0.4, -0.2) is 51.1 Å². The van der Waals surface area contributed by atoms with Gasteiger partial charge in [0.1, 0.15) is 17.6 Å². The molecule has 318 valence electrons. The average molecular weight is 797 g/mol. The van der Waals surface area contributed by atoms with Gasteiger partial charge in [0.25, 0.3) is 0 Å². The Morgan fingerprint density at radius 3 is 2.19 bits per heavy atom. The number of carbonyl (C=O) groups is 2. The van der Waals surface area contributed by atoms with E-state index in [0.717, 1.165) is 100 Å². The van der Waals surface area contributed by atoms with Crippen LogP contribution in [0.3, 0.4) is 0 Å². The molecule has 0 amide bonds. The Morgan fingerprint density at radius 2 is 1.50 bits per heavy atom. The van der Waals surface area contributed by atoms with E-state index in [1.807, 2.05) is 0 Å². The van der Waals surface area contributed by atoms with Gasteiger partial charge in [-0.05, 0) is 159 Å². The van der Waals surface area contributed by atoms with Crippen LogP contribution < -0.4 is 9.47 Å². The van der Waals surface area contributed by atoms with Crippen molar-refractivity contribution in [3.63, 3.8) is 0 Å². The molecule has 5 aliphatic rings. The first-order valence-corrected chi connectivity index (χ1v) is 23.0. The quantitative estimate of drug-likeness (QED) is 0.0643. The standard InChI is InChI=1S/C51H72O7/c1-7-51(33-55-34-51)32-54-29-8-9-30-56-40-18-13-37(14-19-40)47(52)57-41-20-15-38(16-21-41)48(53)58-42-25-27-49(5)39(31-42)17-22-43-45-24-23-44(36(4)12-10-11-35(2)3)50(45,6)28-26-46(43)49/h13-21,35-36,42-46H,7-12,22-34H2,1-6H3. The summed E-state index contributed by atoms with van der Waals surface area (Å²) in [6, 6.07) is 13.7. The second kappa shape index (κ2) is 18.6. The predicted molar refractivity (Wildman–Crippen MR) is 229 cm³/mol. The molecule has 7 heteroatoms. The van der Waals surface area contributed by atoms with E-state index >= 15 is 0 Å². The summed E-state index contributed by atoms with van der Waals surface area (Å²) in [4.78, 5) is 26.2. The van der Waals surface area contributed by atoms with E-state index in [1.165, 1.54) is 56.9 Å². The first-order valence-electron chi connectivity index (χ1n) is 23.0. The number of esters is 2. The van der Waals surface area contributed by atoms with Crippen molar-refractivity contribution >= 4 is 11.9 Å². The van der Waals surface area contributed by atoms with E-state index in [4.69, 9.17) is 23.7 Å². The summed E-state index contributed by atoms with van der Waals surface area (Å²) in [6.45, 7) is 18.3. The number of rotatable bonds is 18. The Labute approximate surface area is 349 Å². The number of hydrogen-bond acceptors (Lipinski definition) is 7. The lowest BCUT2D eigenvalue weighted by molar-refractivity contribution is -0.150. The van der Waals surface area contributed by atoms with Crippen molar-refractivity contribution < 1.29 is 33.3 Å². The number of benzene rings is 2. The zero-order chi connectivity index (χ0) is 40.9. The molecule has 4 fully saturated rings. The molecule has 2 aromatic carbocycles. The van der Waals surface area contributed by atoms with Crippen molar-refractivity contribution in [3.05, 3.63) is 71.3 Å². The largest absolute Gasteiger partial charge is 0.494 e. The second-order valence-corrected chi connectivity index (χ2v) is 20.0. The van der Waals surface area contributed by atoms with Crippen molar-refractivity contribution in [2.75, 3.05) is 33.0 Å². The summed E-state index contributed by atoms with van der Waals surface area (Å²) in [7, 11) is 0. The first-order chi connectivity index (χ1) is 27.9. The van der Waals surface area contributed by atoms with E-state index in [0.29, 0.717) is 34.6 Å². The molecule has 3 saturated carbocycles. The van der Waals surface area contributed by atoms with Crippen molar-refractivity contribution in [1.29, 1.82) is 0 Å². The molecule has 1 aliphatic heterocycles. The zero-order valence-electron chi connectivity index (χ0n) is 36.5. The van der Waals surface area contributed by atoms with Gasteiger partial charge < -0.3 is 23.7 Å². The minimum Gasteiger partial charge on any atom is -0.494 e. The Hall–Kier alpha value is -3.16. The van der Waals surface area contributed by atoms with E-state index in [-0.39, 0.29) is 22.9 Å². The smallest absolute Gasteiger partial charge is 0.343 e. The Balaban J connectivity index is 0.842. The highest BCUT2D eigenvalue weighted by atomic mass is 16.5. The van der Waals surface area contributed by atoms with Crippen LogP contribution in [0, 0.1) is 51.8 Å². The zero-order valence-corrected chi connectivity index (χ0v) is 36.5. The summed E-state index contributed by atoms with van der Waals surface area (Å²) in [5.74, 6) is 5.19. The maximum Gasteiger partial charge on any atom is 0.343 e. The lowest BCUT2D eigenvalue weighted by atomic mass is 9.47. The second-order valence-electron chi connectivity index (χ2n) is 20.0. The molecular formula is C51H72O7. The van der Waals surface area contributed by atoms with Crippen molar-refractivity contribution in [2.45, 2.75) is 138 Å². The molecule has 0 bridgehead atoms. The monoisotopic (exact) mass is 797 g/mol. The summed E-state index contributed by atoms with van der Waals surface area (Å²) in [5, 5.41) is 0. The van der Waals surface area contributed by atoms with Crippen molar-refractivity contribution in [3.8, 4) is 11.5 Å². The minimum atomic E-state index is -0.462. The molecular weight excluding hydrogens is 725 g/mol. The molecule has 1 heterocycles. The van der Waals surface area contributed by atoms with E-state index in [9.17, 15) is 9.59 Å². The maximum atomic E-state index is 13.3. The molecule has 0 N–H and O–H groups in total. The van der Waals surface area contributed by atoms with Crippen LogP contribution in [0.4, 0.5) is 0 Å². The van der Waals surface area contributed by atoms with Gasteiger partial charge in [0.05, 0.1) is 37.6 Å². The van der Waals surface area contributed by atoms with Gasteiger partial charge in [-0.1, -0.05) is 72.5 Å². The van der Waals surface area contributed by atoms with Crippen LogP contribution in [-0.2, 0) is 14.2 Å². The fourth-order valence-electron chi connectivity index (χ4n) is 12.0. The molecule has 0 aromatic heterocycles. The molecule has 2 aromatic rings. The summed E-state index contributed by atoms with van der Waals surface area (Å²) >= 11 is 0. The van der Waals surface area contributed by atoms with Crippen LogP contribution >= 0.6 is 0 Å². The molecule has 7 rings (SSSR count). The Kier molecular flexibility index (Phi) is 13.8. The Bertz CT molecular complexity index is 1700. The highest BCUT2D eigenvalue weighted by molar-refractivity contribution is 5.92. The minimum absolute atomic E-state index is 0.107. The molecule has 0 radical (unpaired) electrons. The predicted octanol–water partition coefficient (Wildman–Crippen LogP) is 12.1. The number of unbranched alkanes of at least 4 members (excludes halogenated alkanes) is 1. The van der Waals surface area contributed by atoms with Gasteiger partial charge in [-0.25, -0.2) is 9.59 Å². The fraction of sp³-hybridized carbons (Fsp3) is 0.686. The van der Waals surface area contributed by atoms with Crippen LogP contribution in [0.5, 0.6) is 11.5 Å². The topological polar surface area (TPSA) is 80.3 Å². The highest BCUT2D eigenvalue weighted by Crippen LogP contribution is 2.67. The van der Waals surface area contributed by atoms with Crippen LogP contribution in [0.1, 0.15) is 152 Å². The van der Waals surface area contributed by atoms with Crippen molar-refractivity contribution in [2.24, 2.45) is 51.8 Å². The van der Waals surface area contributed by atoms with Crippen LogP contribution in [0.2, 0.25) is 0 Å². The van der Waals surface area contributed by atoms with Gasteiger partial charge in [-0.2, -0.15) is 0 Å². The number of ether oxygens (including phenoxy) is 5. The van der Waals surface area contributed by atoms with Crippen molar-refractivity contribution in [1.82, 2.24) is 0 Å². The van der Waals surface area contributed by atoms with Crippen LogP contribution in [0.25, 0.3) is 0 Å². The first kappa shape index (κ1) is 42.9. The average Bonchev–Trinajstić information content (AvgIpc) is 3.56. The number of fused-ring (bicyclic) bond motifs is 5. The van der Waals surface area contributed by atoms with Gasteiger partial charge in [0.2, 0.25) is 0 Å². The van der Waals surface area contributed by atoms with E-state index in [1.54, 1.807) is 48.5 Å². The van der Waals surface area contributed by atoms with Gasteiger partial charge in [0, 0.05) is 18.4 Å². The highest BCUT2D eigenvalue weighted by Gasteiger charge is 2.59. The molecule has 58 heavy (non-hydrogen) atoms. The van der Waals surface area contributed by atoms with Gasteiger partial charge in [-0.3, -0.25) is 0 Å². The molecule has 7 nitrogen and oxygen atoms in total. The third-order valence-electron chi connectivity index (χ3n) is 15.9. The van der Waals surface area contributed by atoms with Gasteiger partial charge >= 0.3 is 11.9 Å². The molecule has 4 aliphatic carbocycles. The fourth-order valence-corrected chi connectivity index (χ4v) is 12.0. The lowest BCUT2D eigenvalue weighted by Crippen LogP contribution is -2.51. The summed E-state index contributed by atoms with van der Waals surface area (Å²) in [6.07, 6.45) is 19.1. The molecule has 1 saturated heterocycles. The van der Waals surface area contributed by atoms with Gasteiger partial charge in [0.15, 0.2) is 0 Å². The van der Waals surface area contributed by atoms with E-state index < -0.39 is 5.97 Å². The number of hydrogen-bond donors (Lipinski definition) is 0. The number of carbonyl (C=O) groups excluding carboxylic acids is 2. The third-order valence-corrected chi connectivity index (χ3v) is 15.9. The molecule has 8 unspecified atom stereocenters. The molecule has 8 atom stereocenters. The summed E-state index contributed by atoms with van der Waals surface area (Å²) < 4.78 is 28.9. The SMILES string of the molecule is CCC1(COCCCCOc2ccc(C(=O)Oc3ccc(C(=O)OC4CCC5(C)C(=CCC6C5CCC5(C)C(C(C)CCCC(C)C)CCC65)C4)cc3)cc2)COC1. The van der Waals surface area contributed by atoms with Crippen LogP contribution in [0.15, 0.2) is 60.2 Å². The normalized spacial score (nSPS) is 30.3. The maximum absolute atomic E-state index is 13.3.